The zero-order chi connectivity index (χ0) is 20.5. The quantitative estimate of drug-likeness (QED) is 0.447. The molecule has 0 bridgehead atoms. The van der Waals surface area contributed by atoms with Gasteiger partial charge in [0.05, 0.1) is 12.4 Å². The normalized spacial score (nSPS) is 12.7. The van der Waals surface area contributed by atoms with E-state index in [1.807, 2.05) is 26.0 Å². The monoisotopic (exact) mass is 403 g/mol. The molecule has 2 rings (SSSR count). The van der Waals surface area contributed by atoms with Gasteiger partial charge in [-0.2, -0.15) is 12.6 Å². The van der Waals surface area contributed by atoms with Crippen LogP contribution in [0.3, 0.4) is 0 Å². The van der Waals surface area contributed by atoms with Crippen LogP contribution < -0.4 is 5.32 Å². The highest BCUT2D eigenvalue weighted by Crippen LogP contribution is 2.30. The van der Waals surface area contributed by atoms with Crippen LogP contribution in [0.2, 0.25) is 0 Å². The van der Waals surface area contributed by atoms with E-state index >= 15 is 0 Å². The third-order valence-electron chi connectivity index (χ3n) is 4.24. The standard InChI is InChI=1S/C21H25NO5S/c1-14-3-7-17(8-4-14)22-21(25)27-20(16-5-9-18(23)10-6-16)15(2)11-12-26-19(24)13-28/h3-10,15,20,23,28H,11-13H2,1-2H3,(H,22,25)/t15-,20+/m1/s1. The molecular formula is C21H25NO5S. The number of anilines is 1. The Morgan fingerprint density at radius 1 is 1.11 bits per heavy atom. The average Bonchev–Trinajstić information content (AvgIpc) is 2.68. The fourth-order valence-corrected chi connectivity index (χ4v) is 2.72. The van der Waals surface area contributed by atoms with Crippen LogP contribution in [0.1, 0.15) is 30.6 Å². The first-order valence-corrected chi connectivity index (χ1v) is 9.62. The lowest BCUT2D eigenvalue weighted by Crippen LogP contribution is -2.23. The molecule has 1 amide bonds. The summed E-state index contributed by atoms with van der Waals surface area (Å²) in [7, 11) is 0. The largest absolute Gasteiger partial charge is 0.508 e. The van der Waals surface area contributed by atoms with Crippen LogP contribution in [0.4, 0.5) is 10.5 Å². The van der Waals surface area contributed by atoms with Crippen molar-refractivity contribution in [2.75, 3.05) is 17.7 Å². The zero-order valence-corrected chi connectivity index (χ0v) is 16.8. The van der Waals surface area contributed by atoms with E-state index < -0.39 is 18.2 Å². The second-order valence-corrected chi connectivity index (χ2v) is 6.87. The Hall–Kier alpha value is -2.67. The van der Waals surface area contributed by atoms with Gasteiger partial charge in [-0.05, 0) is 43.2 Å². The van der Waals surface area contributed by atoms with Gasteiger partial charge in [-0.1, -0.05) is 36.8 Å². The molecule has 0 radical (unpaired) electrons. The van der Waals surface area contributed by atoms with Crippen molar-refractivity contribution >= 4 is 30.4 Å². The Morgan fingerprint density at radius 2 is 1.75 bits per heavy atom. The molecule has 0 fully saturated rings. The fourth-order valence-electron chi connectivity index (χ4n) is 2.63. The van der Waals surface area contributed by atoms with Crippen molar-refractivity contribution in [2.24, 2.45) is 5.92 Å². The lowest BCUT2D eigenvalue weighted by atomic mass is 9.94. The molecule has 0 aliphatic carbocycles. The van der Waals surface area contributed by atoms with Gasteiger partial charge in [-0.15, -0.1) is 0 Å². The number of carbonyl (C=O) groups excluding carboxylic acids is 2. The Balaban J connectivity index is 2.06. The van der Waals surface area contributed by atoms with Gasteiger partial charge in [-0.25, -0.2) is 4.79 Å². The number of hydrogen-bond donors (Lipinski definition) is 3. The summed E-state index contributed by atoms with van der Waals surface area (Å²) in [5.41, 5.74) is 2.46. The number of aryl methyl sites for hydroxylation is 1. The van der Waals surface area contributed by atoms with Crippen molar-refractivity contribution in [1.29, 1.82) is 0 Å². The van der Waals surface area contributed by atoms with Crippen LogP contribution in [-0.4, -0.2) is 29.5 Å². The summed E-state index contributed by atoms with van der Waals surface area (Å²) in [6.45, 7) is 4.08. The minimum Gasteiger partial charge on any atom is -0.508 e. The number of benzene rings is 2. The Bertz CT molecular complexity index is 776. The molecule has 0 heterocycles. The van der Waals surface area contributed by atoms with Crippen LogP contribution in [0.5, 0.6) is 5.75 Å². The molecule has 0 aliphatic heterocycles. The summed E-state index contributed by atoms with van der Waals surface area (Å²) in [6.07, 6.45) is -0.648. The Kier molecular flexibility index (Phi) is 8.19. The number of phenols is 1. The number of aromatic hydroxyl groups is 1. The molecule has 150 valence electrons. The van der Waals surface area contributed by atoms with E-state index in [2.05, 4.69) is 17.9 Å². The van der Waals surface area contributed by atoms with Crippen molar-refractivity contribution in [2.45, 2.75) is 26.4 Å². The first-order valence-electron chi connectivity index (χ1n) is 8.98. The van der Waals surface area contributed by atoms with E-state index in [4.69, 9.17) is 9.47 Å². The number of rotatable bonds is 8. The number of thiol groups is 1. The highest BCUT2D eigenvalue weighted by molar-refractivity contribution is 7.81. The van der Waals surface area contributed by atoms with Gasteiger partial charge >= 0.3 is 12.1 Å². The SMILES string of the molecule is Cc1ccc(NC(=O)O[C@H](c2ccc(O)cc2)[C@H](C)CCOC(=O)CS)cc1. The van der Waals surface area contributed by atoms with E-state index in [-0.39, 0.29) is 24.0 Å². The summed E-state index contributed by atoms with van der Waals surface area (Å²) in [5, 5.41) is 12.2. The highest BCUT2D eigenvalue weighted by Gasteiger charge is 2.24. The molecule has 0 saturated carbocycles. The summed E-state index contributed by atoms with van der Waals surface area (Å²) in [5.74, 6) is -0.372. The maximum Gasteiger partial charge on any atom is 0.412 e. The molecule has 0 saturated heterocycles. The predicted molar refractivity (Wildman–Crippen MR) is 111 cm³/mol. The van der Waals surface area contributed by atoms with E-state index in [1.165, 1.54) is 12.1 Å². The number of amides is 1. The molecule has 2 atom stereocenters. The molecule has 7 heteroatoms. The van der Waals surface area contributed by atoms with Gasteiger partial charge in [0.1, 0.15) is 11.9 Å². The second kappa shape index (κ2) is 10.6. The lowest BCUT2D eigenvalue weighted by Gasteiger charge is -2.25. The van der Waals surface area contributed by atoms with E-state index in [9.17, 15) is 14.7 Å². The lowest BCUT2D eigenvalue weighted by molar-refractivity contribution is -0.141. The molecule has 2 N–H and O–H groups in total. The average molecular weight is 404 g/mol. The van der Waals surface area contributed by atoms with Crippen molar-refractivity contribution in [3.63, 3.8) is 0 Å². The van der Waals surface area contributed by atoms with Crippen LogP contribution in [0, 0.1) is 12.8 Å². The van der Waals surface area contributed by atoms with Gasteiger partial charge in [0.25, 0.3) is 0 Å². The van der Waals surface area contributed by atoms with Crippen molar-refractivity contribution in [3.05, 3.63) is 59.7 Å². The van der Waals surface area contributed by atoms with Crippen molar-refractivity contribution in [3.8, 4) is 5.75 Å². The van der Waals surface area contributed by atoms with Crippen molar-refractivity contribution in [1.82, 2.24) is 0 Å². The summed E-state index contributed by atoms with van der Waals surface area (Å²) < 4.78 is 10.7. The number of ether oxygens (including phenoxy) is 2. The van der Waals surface area contributed by atoms with Gasteiger partial charge in [0.2, 0.25) is 0 Å². The maximum absolute atomic E-state index is 12.4. The topological polar surface area (TPSA) is 84.9 Å². The molecule has 2 aromatic carbocycles. The molecule has 28 heavy (non-hydrogen) atoms. The van der Waals surface area contributed by atoms with Crippen LogP contribution in [-0.2, 0) is 14.3 Å². The minimum absolute atomic E-state index is 0.0191. The second-order valence-electron chi connectivity index (χ2n) is 6.55. The Labute approximate surface area is 170 Å². The smallest absolute Gasteiger partial charge is 0.412 e. The van der Waals surface area contributed by atoms with E-state index in [1.54, 1.807) is 24.3 Å². The molecule has 6 nitrogen and oxygen atoms in total. The molecule has 0 aromatic heterocycles. The first-order chi connectivity index (χ1) is 13.4. The summed E-state index contributed by atoms with van der Waals surface area (Å²) in [6, 6.07) is 13.9. The molecule has 0 aliphatic rings. The number of nitrogens with one attached hydrogen (secondary N) is 1. The maximum atomic E-state index is 12.4. The minimum atomic E-state index is -0.582. The van der Waals surface area contributed by atoms with Crippen LogP contribution in [0.25, 0.3) is 0 Å². The van der Waals surface area contributed by atoms with Gasteiger partial charge < -0.3 is 14.6 Å². The summed E-state index contributed by atoms with van der Waals surface area (Å²) >= 11 is 3.87. The predicted octanol–water partition coefficient (Wildman–Crippen LogP) is 4.49. The molecule has 0 spiro atoms. The number of carbonyl (C=O) groups is 2. The number of phenolic OH excluding ortho intramolecular Hbond substituents is 1. The van der Waals surface area contributed by atoms with Crippen molar-refractivity contribution < 1.29 is 24.2 Å². The number of hydrogen-bond acceptors (Lipinski definition) is 6. The molecular weight excluding hydrogens is 378 g/mol. The molecule has 2 aromatic rings. The van der Waals surface area contributed by atoms with Gasteiger partial charge in [-0.3, -0.25) is 10.1 Å². The van der Waals surface area contributed by atoms with E-state index in [0.29, 0.717) is 12.1 Å². The number of esters is 1. The third kappa shape index (κ3) is 6.81. The summed E-state index contributed by atoms with van der Waals surface area (Å²) in [4.78, 5) is 23.7. The zero-order valence-electron chi connectivity index (χ0n) is 15.9. The Morgan fingerprint density at radius 3 is 2.36 bits per heavy atom. The van der Waals surface area contributed by atoms with Crippen LogP contribution >= 0.6 is 12.6 Å². The highest BCUT2D eigenvalue weighted by atomic mass is 32.1. The van der Waals surface area contributed by atoms with Gasteiger partial charge in [0.15, 0.2) is 0 Å². The first kappa shape index (κ1) is 21.6. The van der Waals surface area contributed by atoms with E-state index in [0.717, 1.165) is 11.1 Å². The third-order valence-corrected chi connectivity index (χ3v) is 4.49. The van der Waals surface area contributed by atoms with Crippen LogP contribution in [0.15, 0.2) is 48.5 Å². The molecule has 0 unspecified atom stereocenters. The fraction of sp³-hybridized carbons (Fsp3) is 0.333. The van der Waals surface area contributed by atoms with Gasteiger partial charge in [0, 0.05) is 11.6 Å².